The van der Waals surface area contributed by atoms with Gasteiger partial charge in [0.05, 0.1) is 6.20 Å². The number of hydrogen-bond acceptors (Lipinski definition) is 4. The van der Waals surface area contributed by atoms with Crippen LogP contribution in [0.3, 0.4) is 0 Å². The molecule has 0 saturated carbocycles. The maximum atomic E-state index is 10.3. The fourth-order valence-electron chi connectivity index (χ4n) is 0.706. The highest BCUT2D eigenvalue weighted by Gasteiger charge is 1.95. The van der Waals surface area contributed by atoms with E-state index >= 15 is 0 Å². The molecule has 0 atom stereocenters. The minimum absolute atomic E-state index is 0.157. The van der Waals surface area contributed by atoms with Crippen LogP contribution in [0.1, 0.15) is 10.4 Å². The van der Waals surface area contributed by atoms with E-state index in [-0.39, 0.29) is 6.79 Å². The number of rotatable bonds is 4. The lowest BCUT2D eigenvalue weighted by molar-refractivity contribution is 0.0508. The number of methoxy groups -OCH3 is 1. The monoisotopic (exact) mass is 167 g/mol. The molecule has 1 heterocycles. The molecule has 1 aromatic rings. The molecule has 4 heteroatoms. The first-order chi connectivity index (χ1) is 5.86. The zero-order chi connectivity index (χ0) is 8.81. The molecule has 0 spiro atoms. The van der Waals surface area contributed by atoms with Crippen LogP contribution in [-0.2, 0) is 4.74 Å². The van der Waals surface area contributed by atoms with Crippen molar-refractivity contribution in [3.8, 4) is 5.75 Å². The maximum absolute atomic E-state index is 10.3. The van der Waals surface area contributed by atoms with E-state index in [2.05, 4.69) is 9.72 Å². The summed E-state index contributed by atoms with van der Waals surface area (Å²) < 4.78 is 9.73. The molecule has 0 fully saturated rings. The summed E-state index contributed by atoms with van der Waals surface area (Å²) >= 11 is 0. The second kappa shape index (κ2) is 4.46. The van der Waals surface area contributed by atoms with E-state index in [1.807, 2.05) is 0 Å². The van der Waals surface area contributed by atoms with Gasteiger partial charge in [-0.2, -0.15) is 0 Å². The summed E-state index contributed by atoms with van der Waals surface area (Å²) in [6.07, 6.45) is 3.70. The van der Waals surface area contributed by atoms with E-state index in [0.29, 0.717) is 17.6 Å². The highest BCUT2D eigenvalue weighted by atomic mass is 16.7. The second-order valence-corrected chi connectivity index (χ2v) is 2.12. The van der Waals surface area contributed by atoms with Gasteiger partial charge in [-0.05, 0) is 6.07 Å². The predicted octanol–water partition coefficient (Wildman–Crippen LogP) is 0.877. The van der Waals surface area contributed by atoms with Crippen LogP contribution >= 0.6 is 0 Å². The summed E-state index contributed by atoms with van der Waals surface area (Å²) in [5, 5.41) is 0. The highest BCUT2D eigenvalue weighted by molar-refractivity contribution is 5.74. The number of aldehydes is 1. The van der Waals surface area contributed by atoms with Crippen LogP contribution in [0.5, 0.6) is 5.75 Å². The molecule has 1 rings (SSSR count). The van der Waals surface area contributed by atoms with Gasteiger partial charge in [0.25, 0.3) is 0 Å². The van der Waals surface area contributed by atoms with Crippen molar-refractivity contribution in [2.45, 2.75) is 0 Å². The first-order valence-corrected chi connectivity index (χ1v) is 3.39. The third kappa shape index (κ3) is 2.32. The zero-order valence-corrected chi connectivity index (χ0v) is 6.69. The summed E-state index contributed by atoms with van der Waals surface area (Å²) in [6.45, 7) is 0.157. The van der Waals surface area contributed by atoms with Crippen LogP contribution < -0.4 is 4.74 Å². The van der Waals surface area contributed by atoms with Gasteiger partial charge in [0, 0.05) is 18.9 Å². The Labute approximate surface area is 70.1 Å². The van der Waals surface area contributed by atoms with Gasteiger partial charge in [-0.15, -0.1) is 0 Å². The van der Waals surface area contributed by atoms with Crippen molar-refractivity contribution in [3.05, 3.63) is 24.0 Å². The quantitative estimate of drug-likeness (QED) is 0.493. The number of ether oxygens (including phenoxy) is 2. The van der Waals surface area contributed by atoms with E-state index in [1.54, 1.807) is 6.07 Å². The van der Waals surface area contributed by atoms with Gasteiger partial charge in [-0.25, -0.2) is 0 Å². The standard InChI is InChI=1S/C8H9NO3/c1-11-6-12-8-2-7(5-10)3-9-4-8/h2-5H,6H2,1H3. The van der Waals surface area contributed by atoms with Crippen LogP contribution in [0, 0.1) is 0 Å². The van der Waals surface area contributed by atoms with Crippen molar-refractivity contribution < 1.29 is 14.3 Å². The van der Waals surface area contributed by atoms with Gasteiger partial charge in [0.15, 0.2) is 13.1 Å². The van der Waals surface area contributed by atoms with Gasteiger partial charge in [-0.1, -0.05) is 0 Å². The van der Waals surface area contributed by atoms with E-state index in [4.69, 9.17) is 4.74 Å². The highest BCUT2D eigenvalue weighted by Crippen LogP contribution is 2.08. The Bertz CT molecular complexity index is 262. The molecule has 0 aromatic carbocycles. The minimum Gasteiger partial charge on any atom is -0.466 e. The fourth-order valence-corrected chi connectivity index (χ4v) is 0.706. The van der Waals surface area contributed by atoms with Crippen LogP contribution in [0.2, 0.25) is 0 Å². The summed E-state index contributed by atoms with van der Waals surface area (Å²) in [5.41, 5.74) is 0.489. The largest absolute Gasteiger partial charge is 0.466 e. The zero-order valence-electron chi connectivity index (χ0n) is 6.69. The van der Waals surface area contributed by atoms with Crippen molar-refractivity contribution in [2.24, 2.45) is 0 Å². The number of carbonyl (C=O) groups excluding carboxylic acids is 1. The lowest BCUT2D eigenvalue weighted by Crippen LogP contribution is -1.99. The second-order valence-electron chi connectivity index (χ2n) is 2.12. The third-order valence-corrected chi connectivity index (χ3v) is 1.21. The number of aromatic nitrogens is 1. The normalized spacial score (nSPS) is 9.42. The van der Waals surface area contributed by atoms with Gasteiger partial charge in [0.2, 0.25) is 0 Å². The van der Waals surface area contributed by atoms with Crippen molar-refractivity contribution >= 4 is 6.29 Å². The molecule has 0 radical (unpaired) electrons. The van der Waals surface area contributed by atoms with Crippen molar-refractivity contribution in [3.63, 3.8) is 0 Å². The Morgan fingerprint density at radius 1 is 1.58 bits per heavy atom. The third-order valence-electron chi connectivity index (χ3n) is 1.21. The SMILES string of the molecule is COCOc1cncc(C=O)c1. The molecular formula is C8H9NO3. The Kier molecular flexibility index (Phi) is 3.22. The number of hydrogen-bond donors (Lipinski definition) is 0. The average molecular weight is 167 g/mol. The molecule has 64 valence electrons. The topological polar surface area (TPSA) is 48.4 Å². The molecule has 0 aliphatic rings. The predicted molar refractivity (Wildman–Crippen MR) is 42.1 cm³/mol. The lowest BCUT2D eigenvalue weighted by atomic mass is 10.3. The van der Waals surface area contributed by atoms with Gasteiger partial charge in [-0.3, -0.25) is 9.78 Å². The molecule has 0 saturated heterocycles. The van der Waals surface area contributed by atoms with E-state index in [0.717, 1.165) is 0 Å². The van der Waals surface area contributed by atoms with Crippen LogP contribution in [0.25, 0.3) is 0 Å². The van der Waals surface area contributed by atoms with Gasteiger partial charge >= 0.3 is 0 Å². The fraction of sp³-hybridized carbons (Fsp3) is 0.250. The molecule has 0 N–H and O–H groups in total. The lowest BCUT2D eigenvalue weighted by Gasteiger charge is -2.02. The Morgan fingerprint density at radius 2 is 2.42 bits per heavy atom. The van der Waals surface area contributed by atoms with Crippen molar-refractivity contribution in [2.75, 3.05) is 13.9 Å². The molecule has 1 aromatic heterocycles. The first kappa shape index (κ1) is 8.67. The Hall–Kier alpha value is -1.42. The van der Waals surface area contributed by atoms with Gasteiger partial charge in [0.1, 0.15) is 5.75 Å². The summed E-state index contributed by atoms with van der Waals surface area (Å²) in [7, 11) is 1.52. The summed E-state index contributed by atoms with van der Waals surface area (Å²) in [5.74, 6) is 0.529. The Morgan fingerprint density at radius 3 is 3.08 bits per heavy atom. The van der Waals surface area contributed by atoms with E-state index < -0.39 is 0 Å². The maximum Gasteiger partial charge on any atom is 0.188 e. The van der Waals surface area contributed by atoms with Crippen LogP contribution in [-0.4, -0.2) is 25.2 Å². The summed E-state index contributed by atoms with van der Waals surface area (Å²) in [4.78, 5) is 14.1. The average Bonchev–Trinajstić information content (AvgIpc) is 2.15. The molecule has 0 unspecified atom stereocenters. The van der Waals surface area contributed by atoms with E-state index in [9.17, 15) is 4.79 Å². The Balaban J connectivity index is 2.66. The molecule has 0 aliphatic heterocycles. The number of nitrogens with zero attached hydrogens (tertiary/aromatic N) is 1. The molecule has 0 amide bonds. The first-order valence-electron chi connectivity index (χ1n) is 3.39. The molecule has 4 nitrogen and oxygen atoms in total. The smallest absolute Gasteiger partial charge is 0.188 e. The summed E-state index contributed by atoms with van der Waals surface area (Å²) in [6, 6.07) is 1.60. The van der Waals surface area contributed by atoms with Crippen molar-refractivity contribution in [1.82, 2.24) is 4.98 Å². The molecule has 12 heavy (non-hydrogen) atoms. The molecular weight excluding hydrogens is 158 g/mol. The minimum atomic E-state index is 0.157. The van der Waals surface area contributed by atoms with Crippen molar-refractivity contribution in [1.29, 1.82) is 0 Å². The molecule has 0 aliphatic carbocycles. The van der Waals surface area contributed by atoms with Crippen LogP contribution in [0.4, 0.5) is 0 Å². The van der Waals surface area contributed by atoms with Gasteiger partial charge < -0.3 is 9.47 Å². The van der Waals surface area contributed by atoms with Crippen LogP contribution in [0.15, 0.2) is 18.5 Å². The number of pyridine rings is 1. The number of carbonyl (C=O) groups is 1. The molecule has 0 bridgehead atoms. The van der Waals surface area contributed by atoms with E-state index in [1.165, 1.54) is 19.5 Å².